The zero-order valence-corrected chi connectivity index (χ0v) is 22.7. The average Bonchev–Trinajstić information content (AvgIpc) is 3.55. The molecule has 2 aliphatic rings. The number of carboxylic acids is 2. The number of fused-ring (bicyclic) bond motifs is 2. The van der Waals surface area contributed by atoms with Gasteiger partial charge in [0.2, 0.25) is 5.60 Å². The topological polar surface area (TPSA) is 204 Å². The van der Waals surface area contributed by atoms with Gasteiger partial charge >= 0.3 is 5.97 Å². The third kappa shape index (κ3) is 4.98. The lowest BCUT2D eigenvalue weighted by Crippen LogP contribution is -2.71. The number of anilines is 1. The molecule has 0 bridgehead atoms. The van der Waals surface area contributed by atoms with Gasteiger partial charge in [-0.15, -0.1) is 23.1 Å². The molecule has 1 unspecified atom stereocenters. The highest BCUT2D eigenvalue weighted by Crippen LogP contribution is 2.40. The van der Waals surface area contributed by atoms with Crippen molar-refractivity contribution in [2.75, 3.05) is 11.5 Å². The second-order valence-electron chi connectivity index (χ2n) is 9.38. The molecule has 14 nitrogen and oxygen atoms in total. The van der Waals surface area contributed by atoms with Crippen molar-refractivity contribution in [2.45, 2.75) is 37.4 Å². The molecule has 3 aromatic heterocycles. The minimum Gasteiger partial charge on any atom is -0.543 e. The first-order valence-corrected chi connectivity index (χ1v) is 13.7. The first-order valence-electron chi connectivity index (χ1n) is 11.7. The largest absolute Gasteiger partial charge is 0.543 e. The number of oxime groups is 1. The highest BCUT2D eigenvalue weighted by molar-refractivity contribution is 8.00. The minimum atomic E-state index is -1.76. The van der Waals surface area contributed by atoms with Gasteiger partial charge in [-0.1, -0.05) is 5.16 Å². The number of amides is 2. The smallest absolute Gasteiger partial charge is 0.350 e. The summed E-state index contributed by atoms with van der Waals surface area (Å²) in [5, 5.41) is 29.4. The van der Waals surface area contributed by atoms with Crippen molar-refractivity contribution in [3.05, 3.63) is 53.1 Å². The van der Waals surface area contributed by atoms with E-state index in [4.69, 9.17) is 15.0 Å². The maximum atomic E-state index is 13.2. The highest BCUT2D eigenvalue weighted by Gasteiger charge is 2.53. The van der Waals surface area contributed by atoms with E-state index in [9.17, 15) is 29.4 Å². The summed E-state index contributed by atoms with van der Waals surface area (Å²) in [5.74, 6) is -4.09. The lowest BCUT2D eigenvalue weighted by Gasteiger charge is -2.50. The number of aliphatic carboxylic acids is 2. The zero-order valence-electron chi connectivity index (χ0n) is 21.0. The Bertz CT molecular complexity index is 1610. The third-order valence-corrected chi connectivity index (χ3v) is 8.22. The summed E-state index contributed by atoms with van der Waals surface area (Å²) in [6.45, 7) is 2.68. The van der Waals surface area contributed by atoms with Crippen LogP contribution in [0.5, 0.6) is 0 Å². The SMILES string of the molecule is CC(C)(ON=C(C(=O)NC1C(=O)N2C(C(=O)[O-])=C(C[n+]3ccc4occc4c3)CS[C@@H]12)c1csc(N)n1)C(=O)O. The molecule has 3 aromatic rings. The number of carbonyl (C=O) groups excluding carboxylic acids is 3. The molecule has 5 rings (SSSR count). The first kappa shape index (κ1) is 27.1. The normalized spacial score (nSPS) is 19.3. The lowest BCUT2D eigenvalue weighted by molar-refractivity contribution is -0.687. The quantitative estimate of drug-likeness (QED) is 0.125. The predicted molar refractivity (Wildman–Crippen MR) is 139 cm³/mol. The van der Waals surface area contributed by atoms with E-state index in [2.05, 4.69) is 15.5 Å². The molecule has 0 radical (unpaired) electrons. The Balaban J connectivity index is 1.36. The molecule has 0 aromatic carbocycles. The van der Waals surface area contributed by atoms with Crippen LogP contribution in [-0.2, 0) is 30.6 Å². The number of pyridine rings is 1. The van der Waals surface area contributed by atoms with Gasteiger partial charge in [0, 0.05) is 22.8 Å². The van der Waals surface area contributed by atoms with Crippen LogP contribution < -0.4 is 20.7 Å². The van der Waals surface area contributed by atoms with Crippen molar-refractivity contribution in [2.24, 2.45) is 5.16 Å². The van der Waals surface area contributed by atoms with Gasteiger partial charge in [0.25, 0.3) is 11.8 Å². The number of β-lactam (4-membered cyclic amide) rings is 1. The second-order valence-corrected chi connectivity index (χ2v) is 11.4. The fraction of sp³-hybridized carbons (Fsp3) is 0.292. The van der Waals surface area contributed by atoms with Crippen LogP contribution in [0.4, 0.5) is 5.13 Å². The van der Waals surface area contributed by atoms with E-state index in [-0.39, 0.29) is 28.8 Å². The van der Waals surface area contributed by atoms with E-state index in [0.717, 1.165) is 21.6 Å². The Hall–Kier alpha value is -4.44. The van der Waals surface area contributed by atoms with Gasteiger partial charge in [-0.2, -0.15) is 0 Å². The Kier molecular flexibility index (Phi) is 6.97. The van der Waals surface area contributed by atoms with Gasteiger partial charge in [-0.25, -0.2) is 14.3 Å². The standard InChI is InChI=1S/C24H22N6O8S2/c1-24(2,22(35)36)38-28-15(13-10-40-23(25)26-13)18(31)27-16-19(32)30-17(21(33)34)12(9-39-20(16)30)8-29-5-3-14-11(7-29)4-6-37-14/h3-7,10,16,20H,8-9H2,1-2H3,(H4-,25,26,27,31,33,34,35,36)/t16?,20-/m0/s1. The maximum absolute atomic E-state index is 13.2. The number of hydrogen-bond acceptors (Lipinski definition) is 12. The number of thiazole rings is 1. The number of hydrogen-bond donors (Lipinski definition) is 3. The van der Waals surface area contributed by atoms with E-state index >= 15 is 0 Å². The van der Waals surface area contributed by atoms with Gasteiger partial charge in [0.1, 0.15) is 22.7 Å². The first-order chi connectivity index (χ1) is 19.0. The predicted octanol–water partition coefficient (Wildman–Crippen LogP) is -0.553. The molecule has 40 heavy (non-hydrogen) atoms. The van der Waals surface area contributed by atoms with Crippen LogP contribution in [0.25, 0.3) is 11.0 Å². The fourth-order valence-electron chi connectivity index (χ4n) is 4.08. The Morgan fingerprint density at radius 1 is 1.40 bits per heavy atom. The van der Waals surface area contributed by atoms with Gasteiger partial charge in [0.15, 0.2) is 29.8 Å². The summed E-state index contributed by atoms with van der Waals surface area (Å²) in [4.78, 5) is 60.1. The zero-order chi connectivity index (χ0) is 28.8. The number of rotatable bonds is 9. The number of carboxylic acid groups (broad SMARTS) is 2. The summed E-state index contributed by atoms with van der Waals surface area (Å²) >= 11 is 2.30. The Morgan fingerprint density at radius 3 is 2.85 bits per heavy atom. The van der Waals surface area contributed by atoms with Gasteiger partial charge in [-0.05, 0) is 19.9 Å². The van der Waals surface area contributed by atoms with E-state index in [1.807, 2.05) is 0 Å². The number of nitrogen functional groups attached to an aromatic ring is 1. The molecular formula is C24H22N6O8S2. The highest BCUT2D eigenvalue weighted by atomic mass is 32.2. The molecular weight excluding hydrogens is 564 g/mol. The molecule has 0 spiro atoms. The molecule has 0 aliphatic carbocycles. The maximum Gasteiger partial charge on any atom is 0.350 e. The molecule has 2 atom stereocenters. The molecule has 2 amide bonds. The van der Waals surface area contributed by atoms with Crippen LogP contribution in [0.15, 0.2) is 57.0 Å². The molecule has 16 heteroatoms. The average molecular weight is 587 g/mol. The van der Waals surface area contributed by atoms with Crippen molar-refractivity contribution in [3.8, 4) is 0 Å². The minimum absolute atomic E-state index is 0.0188. The van der Waals surface area contributed by atoms with Crippen LogP contribution >= 0.6 is 23.1 Å². The van der Waals surface area contributed by atoms with E-state index in [0.29, 0.717) is 11.2 Å². The molecule has 1 saturated heterocycles. The van der Waals surface area contributed by atoms with Crippen LogP contribution in [0.3, 0.4) is 0 Å². The number of furan rings is 1. The van der Waals surface area contributed by atoms with Gasteiger partial charge < -0.3 is 35.3 Å². The molecule has 0 saturated carbocycles. The van der Waals surface area contributed by atoms with Crippen LogP contribution in [0.1, 0.15) is 19.5 Å². The van der Waals surface area contributed by atoms with Crippen LogP contribution in [-0.4, -0.2) is 67.2 Å². The monoisotopic (exact) mass is 586 g/mol. The molecule has 2 aliphatic heterocycles. The van der Waals surface area contributed by atoms with Gasteiger partial charge in [0.05, 0.1) is 23.3 Å². The summed E-state index contributed by atoms with van der Waals surface area (Å²) in [7, 11) is 0. The van der Waals surface area contributed by atoms with Crippen molar-refractivity contribution < 1.29 is 43.2 Å². The summed E-state index contributed by atoms with van der Waals surface area (Å²) < 4.78 is 7.11. The van der Waals surface area contributed by atoms with Crippen molar-refractivity contribution in [1.29, 1.82) is 0 Å². The van der Waals surface area contributed by atoms with E-state index < -0.39 is 46.5 Å². The second kappa shape index (κ2) is 10.3. The number of aromatic nitrogens is 2. The van der Waals surface area contributed by atoms with E-state index in [1.54, 1.807) is 35.4 Å². The van der Waals surface area contributed by atoms with E-state index in [1.165, 1.54) is 31.0 Å². The number of nitrogens with zero attached hydrogens (tertiary/aromatic N) is 4. The Labute approximate surface area is 234 Å². The molecule has 208 valence electrons. The number of nitrogens with two attached hydrogens (primary N) is 1. The summed E-state index contributed by atoms with van der Waals surface area (Å²) in [6, 6.07) is 2.45. The summed E-state index contributed by atoms with van der Waals surface area (Å²) in [5.41, 5.74) is 4.45. The number of carbonyl (C=O) groups is 4. The Morgan fingerprint density at radius 2 is 2.17 bits per heavy atom. The van der Waals surface area contributed by atoms with Crippen LogP contribution in [0.2, 0.25) is 0 Å². The summed E-state index contributed by atoms with van der Waals surface area (Å²) in [6.07, 6.45) is 5.09. The van der Waals surface area contributed by atoms with Gasteiger partial charge in [-0.3, -0.25) is 14.5 Å². The third-order valence-electron chi connectivity index (χ3n) is 6.21. The molecule has 4 N–H and O–H groups in total. The number of nitrogens with one attached hydrogen (secondary N) is 1. The van der Waals surface area contributed by atoms with Crippen LogP contribution in [0, 0.1) is 0 Å². The lowest BCUT2D eigenvalue weighted by atomic mass is 10.0. The van der Waals surface area contributed by atoms with Crippen molar-refractivity contribution >= 4 is 68.7 Å². The van der Waals surface area contributed by atoms with Crippen molar-refractivity contribution in [1.82, 2.24) is 15.2 Å². The number of thioether (sulfide) groups is 1. The van der Waals surface area contributed by atoms with Crippen molar-refractivity contribution in [3.63, 3.8) is 0 Å². The fourth-order valence-corrected chi connectivity index (χ4v) is 5.96. The molecule has 5 heterocycles. The molecule has 1 fully saturated rings.